The Balaban J connectivity index is 2.93. The third-order valence-corrected chi connectivity index (χ3v) is 2.28. The number of nitrogens with zero attached hydrogens (tertiary/aromatic N) is 3. The molecule has 0 fully saturated rings. The Morgan fingerprint density at radius 1 is 1.39 bits per heavy atom. The van der Waals surface area contributed by atoms with Gasteiger partial charge in [0.05, 0.1) is 0 Å². The zero-order valence-corrected chi connectivity index (χ0v) is 12.3. The fourth-order valence-electron chi connectivity index (χ4n) is 1.72. The Labute approximate surface area is 110 Å². The van der Waals surface area contributed by atoms with Crippen molar-refractivity contribution < 1.29 is 0 Å². The van der Waals surface area contributed by atoms with Gasteiger partial charge in [0.2, 0.25) is 0 Å². The Kier molecular flexibility index (Phi) is 4.51. The van der Waals surface area contributed by atoms with Crippen LogP contribution in [0.15, 0.2) is 6.07 Å². The van der Waals surface area contributed by atoms with E-state index in [4.69, 9.17) is 5.73 Å². The number of nitrogens with one attached hydrogen (secondary N) is 1. The first kappa shape index (κ1) is 14.7. The number of nitrogens with two attached hydrogens (primary N) is 1. The Bertz CT molecular complexity index is 395. The summed E-state index contributed by atoms with van der Waals surface area (Å²) in [6.07, 6.45) is 0. The zero-order chi connectivity index (χ0) is 13.9. The molecule has 0 aromatic carbocycles. The van der Waals surface area contributed by atoms with Crippen LogP contribution in [0.25, 0.3) is 0 Å². The summed E-state index contributed by atoms with van der Waals surface area (Å²) in [6.45, 7) is 11.0. The lowest BCUT2D eigenvalue weighted by Gasteiger charge is -2.24. The molecule has 1 atom stereocenters. The topological polar surface area (TPSA) is 67.1 Å². The third kappa shape index (κ3) is 4.87. The molecular weight excluding hydrogens is 226 g/mol. The number of hydrogen-bond donors (Lipinski definition) is 2. The van der Waals surface area contributed by atoms with Gasteiger partial charge in [0, 0.05) is 31.2 Å². The minimum atomic E-state index is -0.0161. The Morgan fingerprint density at radius 3 is 2.50 bits per heavy atom. The third-order valence-electron chi connectivity index (χ3n) is 2.28. The lowest BCUT2D eigenvalue weighted by Crippen LogP contribution is -2.33. The zero-order valence-electron chi connectivity index (χ0n) is 12.3. The predicted octanol–water partition coefficient (Wildman–Crippen LogP) is 1.78. The van der Waals surface area contributed by atoms with Gasteiger partial charge in [0.1, 0.15) is 17.5 Å². The average Bonchev–Trinajstić information content (AvgIpc) is 2.12. The molecule has 0 aliphatic rings. The van der Waals surface area contributed by atoms with Gasteiger partial charge in [-0.2, -0.15) is 0 Å². The number of likely N-dealkylation sites (N-methyl/N-ethyl adjacent to an activating group) is 1. The fraction of sp³-hybridized carbons (Fsp3) is 0.692. The molecule has 1 aromatic heterocycles. The van der Waals surface area contributed by atoms with Gasteiger partial charge in [0.25, 0.3) is 0 Å². The first-order chi connectivity index (χ1) is 8.17. The number of hydrogen-bond acceptors (Lipinski definition) is 5. The van der Waals surface area contributed by atoms with Gasteiger partial charge in [-0.05, 0) is 34.6 Å². The average molecular weight is 251 g/mol. The summed E-state index contributed by atoms with van der Waals surface area (Å²) in [7, 11) is 1.99. The van der Waals surface area contributed by atoms with E-state index in [1.54, 1.807) is 0 Å². The maximum absolute atomic E-state index is 5.81. The van der Waals surface area contributed by atoms with Crippen molar-refractivity contribution in [2.45, 2.75) is 46.2 Å². The van der Waals surface area contributed by atoms with E-state index in [-0.39, 0.29) is 11.6 Å². The highest BCUT2D eigenvalue weighted by molar-refractivity contribution is 5.50. The van der Waals surface area contributed by atoms with E-state index in [9.17, 15) is 0 Å². The van der Waals surface area contributed by atoms with Gasteiger partial charge in [-0.25, -0.2) is 9.97 Å². The highest BCUT2D eigenvalue weighted by atomic mass is 15.2. The minimum absolute atomic E-state index is 0.0161. The summed E-state index contributed by atoms with van der Waals surface area (Å²) in [6, 6.07) is 2.07. The number of anilines is 2. The van der Waals surface area contributed by atoms with Crippen LogP contribution in [0.3, 0.4) is 0 Å². The fourth-order valence-corrected chi connectivity index (χ4v) is 1.72. The summed E-state index contributed by atoms with van der Waals surface area (Å²) < 4.78 is 0. The number of aryl methyl sites for hydroxylation is 1. The second-order valence-electron chi connectivity index (χ2n) is 5.89. The van der Waals surface area contributed by atoms with E-state index in [0.29, 0.717) is 0 Å². The van der Waals surface area contributed by atoms with E-state index >= 15 is 0 Å². The largest absolute Gasteiger partial charge is 0.365 e. The van der Waals surface area contributed by atoms with Gasteiger partial charge < -0.3 is 16.0 Å². The highest BCUT2D eigenvalue weighted by Gasteiger charge is 2.13. The predicted molar refractivity (Wildman–Crippen MR) is 77.1 cm³/mol. The molecule has 0 spiro atoms. The first-order valence-corrected chi connectivity index (χ1v) is 6.28. The molecule has 18 heavy (non-hydrogen) atoms. The van der Waals surface area contributed by atoms with Gasteiger partial charge in [-0.15, -0.1) is 0 Å². The van der Waals surface area contributed by atoms with Crippen molar-refractivity contribution in [3.05, 3.63) is 11.9 Å². The summed E-state index contributed by atoms with van der Waals surface area (Å²) in [5, 5.41) is 3.36. The SMILES string of the molecule is Cc1nc(NC(C)(C)C)cc(N(C)CC(C)N)n1. The first-order valence-electron chi connectivity index (χ1n) is 6.28. The standard InChI is InChI=1S/C13H25N5/c1-9(14)8-18(6)12-7-11(15-10(2)16-12)17-13(3,4)5/h7,9H,8,14H2,1-6H3,(H,15,16,17). The van der Waals surface area contributed by atoms with Crippen LogP contribution in [0.4, 0.5) is 11.6 Å². The van der Waals surface area contributed by atoms with Crippen LogP contribution in [0, 0.1) is 6.92 Å². The molecule has 0 aliphatic carbocycles. The van der Waals surface area contributed by atoms with E-state index < -0.39 is 0 Å². The molecule has 0 radical (unpaired) electrons. The summed E-state index contributed by atoms with van der Waals surface area (Å²) in [4.78, 5) is 10.9. The van der Waals surface area contributed by atoms with Gasteiger partial charge >= 0.3 is 0 Å². The van der Waals surface area contributed by atoms with E-state index in [1.807, 2.05) is 31.9 Å². The molecule has 1 rings (SSSR count). The molecule has 0 amide bonds. The van der Waals surface area contributed by atoms with Crippen molar-refractivity contribution in [2.24, 2.45) is 5.73 Å². The van der Waals surface area contributed by atoms with Crippen molar-refractivity contribution in [1.82, 2.24) is 9.97 Å². The molecule has 5 heteroatoms. The Morgan fingerprint density at radius 2 is 2.00 bits per heavy atom. The molecule has 5 nitrogen and oxygen atoms in total. The van der Waals surface area contributed by atoms with Crippen LogP contribution < -0.4 is 16.0 Å². The molecule has 0 bridgehead atoms. The molecular formula is C13H25N5. The molecule has 0 saturated heterocycles. The minimum Gasteiger partial charge on any atom is -0.365 e. The van der Waals surface area contributed by atoms with Crippen LogP contribution >= 0.6 is 0 Å². The second kappa shape index (κ2) is 5.52. The van der Waals surface area contributed by atoms with Gasteiger partial charge in [-0.1, -0.05) is 0 Å². The van der Waals surface area contributed by atoms with Crippen LogP contribution in [0.2, 0.25) is 0 Å². The van der Waals surface area contributed by atoms with Crippen molar-refractivity contribution in [3.63, 3.8) is 0 Å². The summed E-state index contributed by atoms with van der Waals surface area (Å²) >= 11 is 0. The molecule has 1 aromatic rings. The van der Waals surface area contributed by atoms with Crippen molar-refractivity contribution in [3.8, 4) is 0 Å². The van der Waals surface area contributed by atoms with Crippen molar-refractivity contribution in [1.29, 1.82) is 0 Å². The second-order valence-corrected chi connectivity index (χ2v) is 5.89. The van der Waals surface area contributed by atoms with E-state index in [1.165, 1.54) is 0 Å². The van der Waals surface area contributed by atoms with Crippen LogP contribution in [-0.4, -0.2) is 35.1 Å². The lowest BCUT2D eigenvalue weighted by molar-refractivity contribution is 0.629. The summed E-state index contributed by atoms with van der Waals surface area (Å²) in [5.74, 6) is 2.50. The molecule has 3 N–H and O–H groups in total. The lowest BCUT2D eigenvalue weighted by atomic mass is 10.1. The maximum Gasteiger partial charge on any atom is 0.134 e. The van der Waals surface area contributed by atoms with E-state index in [0.717, 1.165) is 24.0 Å². The van der Waals surface area contributed by atoms with Crippen LogP contribution in [-0.2, 0) is 0 Å². The smallest absolute Gasteiger partial charge is 0.134 e. The monoisotopic (exact) mass is 251 g/mol. The number of aromatic nitrogens is 2. The normalized spacial score (nSPS) is 13.3. The molecule has 1 heterocycles. The maximum atomic E-state index is 5.81. The van der Waals surface area contributed by atoms with Crippen molar-refractivity contribution >= 4 is 11.6 Å². The quantitative estimate of drug-likeness (QED) is 0.854. The summed E-state index contributed by atoms with van der Waals surface area (Å²) in [5.41, 5.74) is 5.79. The van der Waals surface area contributed by atoms with Gasteiger partial charge in [0.15, 0.2) is 0 Å². The molecule has 102 valence electrons. The molecule has 0 aliphatic heterocycles. The molecule has 1 unspecified atom stereocenters. The van der Waals surface area contributed by atoms with E-state index in [2.05, 4.69) is 36.1 Å². The molecule has 0 saturated carbocycles. The van der Waals surface area contributed by atoms with Crippen molar-refractivity contribution in [2.75, 3.05) is 23.8 Å². The number of rotatable bonds is 4. The Hall–Kier alpha value is -1.36. The van der Waals surface area contributed by atoms with Gasteiger partial charge in [-0.3, -0.25) is 0 Å². The van der Waals surface area contributed by atoms with Crippen LogP contribution in [0.1, 0.15) is 33.5 Å². The van der Waals surface area contributed by atoms with Crippen LogP contribution in [0.5, 0.6) is 0 Å². The highest BCUT2D eigenvalue weighted by Crippen LogP contribution is 2.18.